The van der Waals surface area contributed by atoms with E-state index in [-0.39, 0.29) is 24.2 Å². The highest BCUT2D eigenvalue weighted by molar-refractivity contribution is 9.10. The van der Waals surface area contributed by atoms with Crippen LogP contribution in [0.5, 0.6) is 5.75 Å². The molecule has 0 unspecified atom stereocenters. The van der Waals surface area contributed by atoms with Gasteiger partial charge in [-0.1, -0.05) is 11.6 Å². The Balaban J connectivity index is 0.00000196. The Labute approximate surface area is 108 Å². The average molecular weight is 316 g/mol. The lowest BCUT2D eigenvalue weighted by Crippen LogP contribution is -2.15. The number of phenols is 1. The van der Waals surface area contributed by atoms with Gasteiger partial charge in [-0.05, 0) is 41.0 Å². The Hall–Kier alpha value is -0.000000000000000111. The monoisotopic (exact) mass is 314 g/mol. The summed E-state index contributed by atoms with van der Waals surface area (Å²) in [5.74, 6) is 0.135. The largest absolute Gasteiger partial charge is 0.506 e. The summed E-state index contributed by atoms with van der Waals surface area (Å²) in [6.07, 6.45) is 0.611. The topological polar surface area (TPSA) is 72.3 Å². The SMILES string of the molecule is Cl.NCC[C@H](N)c1cc(Cl)cc(Br)c1O. The molecule has 1 rings (SSSR count). The van der Waals surface area contributed by atoms with E-state index in [1.165, 1.54) is 0 Å². The second-order valence-corrected chi connectivity index (χ2v) is 4.30. The van der Waals surface area contributed by atoms with Crippen LogP contribution in [0.1, 0.15) is 18.0 Å². The molecule has 0 fully saturated rings. The van der Waals surface area contributed by atoms with Crippen LogP contribution in [0.4, 0.5) is 0 Å². The van der Waals surface area contributed by atoms with Gasteiger partial charge in [0.15, 0.2) is 0 Å². The molecule has 0 bridgehead atoms. The molecule has 0 amide bonds. The van der Waals surface area contributed by atoms with Crippen molar-refractivity contribution in [2.24, 2.45) is 11.5 Å². The van der Waals surface area contributed by atoms with Crippen LogP contribution >= 0.6 is 39.9 Å². The maximum atomic E-state index is 9.69. The molecule has 0 saturated carbocycles. The highest BCUT2D eigenvalue weighted by atomic mass is 79.9. The fraction of sp³-hybridized carbons (Fsp3) is 0.333. The van der Waals surface area contributed by atoms with Crippen LogP contribution in [0.2, 0.25) is 5.02 Å². The predicted molar refractivity (Wildman–Crippen MR) is 68.7 cm³/mol. The lowest BCUT2D eigenvalue weighted by atomic mass is 10.0. The molecule has 0 aliphatic heterocycles. The van der Waals surface area contributed by atoms with E-state index in [0.717, 1.165) is 0 Å². The van der Waals surface area contributed by atoms with Crippen LogP contribution in [-0.2, 0) is 0 Å². The van der Waals surface area contributed by atoms with E-state index in [4.69, 9.17) is 23.1 Å². The average Bonchev–Trinajstić information content (AvgIpc) is 2.11. The fourth-order valence-corrected chi connectivity index (χ4v) is 2.04. The van der Waals surface area contributed by atoms with E-state index in [2.05, 4.69) is 15.9 Å². The van der Waals surface area contributed by atoms with Gasteiger partial charge in [0, 0.05) is 16.6 Å². The summed E-state index contributed by atoms with van der Waals surface area (Å²) in [5, 5.41) is 10.2. The molecule has 1 aromatic rings. The molecule has 1 aromatic carbocycles. The molecule has 0 saturated heterocycles. The van der Waals surface area contributed by atoms with Gasteiger partial charge in [0.25, 0.3) is 0 Å². The van der Waals surface area contributed by atoms with Gasteiger partial charge in [-0.15, -0.1) is 12.4 Å². The van der Waals surface area contributed by atoms with Gasteiger partial charge in [-0.2, -0.15) is 0 Å². The Morgan fingerprint density at radius 2 is 2.07 bits per heavy atom. The van der Waals surface area contributed by atoms with Gasteiger partial charge < -0.3 is 16.6 Å². The first-order chi connectivity index (χ1) is 6.56. The molecule has 0 aliphatic rings. The van der Waals surface area contributed by atoms with Gasteiger partial charge in [-0.3, -0.25) is 0 Å². The van der Waals surface area contributed by atoms with Crippen molar-refractivity contribution in [1.29, 1.82) is 0 Å². The summed E-state index contributed by atoms with van der Waals surface area (Å²) in [5.41, 5.74) is 11.8. The van der Waals surface area contributed by atoms with Crippen molar-refractivity contribution in [3.05, 3.63) is 27.2 Å². The Kier molecular flexibility index (Phi) is 6.55. The van der Waals surface area contributed by atoms with Gasteiger partial charge in [0.1, 0.15) is 5.75 Å². The molecule has 86 valence electrons. The number of halogens is 3. The van der Waals surface area contributed by atoms with Crippen molar-refractivity contribution in [2.75, 3.05) is 6.54 Å². The second-order valence-electron chi connectivity index (χ2n) is 3.01. The Morgan fingerprint density at radius 1 is 1.47 bits per heavy atom. The number of hydrogen-bond donors (Lipinski definition) is 3. The van der Waals surface area contributed by atoms with Crippen molar-refractivity contribution in [1.82, 2.24) is 0 Å². The molecule has 0 aromatic heterocycles. The van der Waals surface area contributed by atoms with Crippen molar-refractivity contribution in [3.63, 3.8) is 0 Å². The number of phenolic OH excluding ortho intramolecular Hbond substituents is 1. The molecule has 0 spiro atoms. The van der Waals surface area contributed by atoms with Crippen LogP contribution in [0.3, 0.4) is 0 Å². The third-order valence-electron chi connectivity index (χ3n) is 1.93. The molecular weight excluding hydrogens is 303 g/mol. The van der Waals surface area contributed by atoms with E-state index in [0.29, 0.717) is 28.0 Å². The number of aromatic hydroxyl groups is 1. The Morgan fingerprint density at radius 3 is 2.60 bits per heavy atom. The first-order valence-corrected chi connectivity index (χ1v) is 5.37. The minimum Gasteiger partial charge on any atom is -0.506 e. The van der Waals surface area contributed by atoms with E-state index >= 15 is 0 Å². The van der Waals surface area contributed by atoms with Gasteiger partial charge in [-0.25, -0.2) is 0 Å². The number of nitrogens with two attached hydrogens (primary N) is 2. The summed E-state index contributed by atoms with van der Waals surface area (Å²) in [7, 11) is 0. The summed E-state index contributed by atoms with van der Waals surface area (Å²) in [4.78, 5) is 0. The molecule has 6 heteroatoms. The fourth-order valence-electron chi connectivity index (χ4n) is 1.20. The molecule has 0 heterocycles. The lowest BCUT2D eigenvalue weighted by molar-refractivity contribution is 0.456. The highest BCUT2D eigenvalue weighted by Crippen LogP contribution is 2.34. The molecule has 3 nitrogen and oxygen atoms in total. The summed E-state index contributed by atoms with van der Waals surface area (Å²) in [6, 6.07) is 2.99. The third-order valence-corrected chi connectivity index (χ3v) is 2.76. The standard InChI is InChI=1S/C9H12BrClN2O.ClH/c10-7-4-5(11)3-6(9(7)14)8(13)1-2-12;/h3-4,8,14H,1-2,12-13H2;1H/t8-;/m0./s1. The quantitative estimate of drug-likeness (QED) is 0.802. The zero-order valence-electron chi connectivity index (χ0n) is 7.91. The molecular formula is C9H13BrCl2N2O. The van der Waals surface area contributed by atoms with E-state index < -0.39 is 0 Å². The van der Waals surface area contributed by atoms with Gasteiger partial charge in [0.2, 0.25) is 0 Å². The van der Waals surface area contributed by atoms with E-state index in [9.17, 15) is 5.11 Å². The molecule has 0 aliphatic carbocycles. The van der Waals surface area contributed by atoms with Crippen molar-refractivity contribution in [2.45, 2.75) is 12.5 Å². The third kappa shape index (κ3) is 3.81. The van der Waals surface area contributed by atoms with Gasteiger partial charge >= 0.3 is 0 Å². The summed E-state index contributed by atoms with van der Waals surface area (Å²) < 4.78 is 0.549. The highest BCUT2D eigenvalue weighted by Gasteiger charge is 2.13. The number of hydrogen-bond acceptors (Lipinski definition) is 3. The summed E-state index contributed by atoms with van der Waals surface area (Å²) >= 11 is 9.03. The lowest BCUT2D eigenvalue weighted by Gasteiger charge is -2.13. The van der Waals surface area contributed by atoms with Crippen molar-refractivity contribution < 1.29 is 5.11 Å². The molecule has 5 N–H and O–H groups in total. The van der Waals surface area contributed by atoms with Crippen LogP contribution in [0, 0.1) is 0 Å². The van der Waals surface area contributed by atoms with E-state index in [1.807, 2.05) is 0 Å². The minimum atomic E-state index is -0.282. The maximum absolute atomic E-state index is 9.69. The normalized spacial score (nSPS) is 12.0. The van der Waals surface area contributed by atoms with Gasteiger partial charge in [0.05, 0.1) is 4.47 Å². The second kappa shape index (κ2) is 6.55. The smallest absolute Gasteiger partial charge is 0.134 e. The Bertz CT molecular complexity index is 336. The van der Waals surface area contributed by atoms with Crippen LogP contribution in [-0.4, -0.2) is 11.7 Å². The molecule has 0 radical (unpaired) electrons. The predicted octanol–water partition coefficient (Wildman–Crippen LogP) is 2.58. The number of rotatable bonds is 3. The molecule has 15 heavy (non-hydrogen) atoms. The van der Waals surface area contributed by atoms with Crippen LogP contribution < -0.4 is 11.5 Å². The first kappa shape index (κ1) is 15.0. The molecule has 1 atom stereocenters. The minimum absolute atomic E-state index is 0. The number of benzene rings is 1. The first-order valence-electron chi connectivity index (χ1n) is 4.19. The summed E-state index contributed by atoms with van der Waals surface area (Å²) in [6.45, 7) is 0.477. The van der Waals surface area contributed by atoms with Crippen LogP contribution in [0.15, 0.2) is 16.6 Å². The zero-order valence-corrected chi connectivity index (χ0v) is 11.1. The van der Waals surface area contributed by atoms with Crippen molar-refractivity contribution in [3.8, 4) is 5.75 Å². The van der Waals surface area contributed by atoms with E-state index in [1.54, 1.807) is 12.1 Å². The maximum Gasteiger partial charge on any atom is 0.134 e. The van der Waals surface area contributed by atoms with Crippen LogP contribution in [0.25, 0.3) is 0 Å². The van der Waals surface area contributed by atoms with Crippen molar-refractivity contribution >= 4 is 39.9 Å². The zero-order chi connectivity index (χ0) is 10.7.